The minimum atomic E-state index is -0.501. The molecule has 0 spiro atoms. The van der Waals surface area contributed by atoms with Gasteiger partial charge in [0.15, 0.2) is 5.82 Å². The van der Waals surface area contributed by atoms with E-state index >= 15 is 0 Å². The van der Waals surface area contributed by atoms with Crippen molar-refractivity contribution in [2.45, 2.75) is 20.4 Å². The van der Waals surface area contributed by atoms with Crippen molar-refractivity contribution in [1.29, 1.82) is 0 Å². The maximum absolute atomic E-state index is 11.2. The van der Waals surface area contributed by atoms with Crippen LogP contribution in [0.4, 0.5) is 17.5 Å². The largest absolute Gasteiger partial charge is 0.357 e. The highest BCUT2D eigenvalue weighted by Crippen LogP contribution is 2.26. The average molecular weight is 292 g/mol. The first-order valence-corrected chi connectivity index (χ1v) is 6.36. The van der Waals surface area contributed by atoms with Crippen LogP contribution < -0.4 is 10.6 Å². The highest BCUT2D eigenvalue weighted by Gasteiger charge is 2.22. The van der Waals surface area contributed by atoms with Crippen molar-refractivity contribution in [1.82, 2.24) is 24.7 Å². The van der Waals surface area contributed by atoms with E-state index in [2.05, 4.69) is 30.7 Å². The van der Waals surface area contributed by atoms with Crippen LogP contribution in [0.15, 0.2) is 6.33 Å². The van der Waals surface area contributed by atoms with Crippen LogP contribution in [0.5, 0.6) is 0 Å². The Balaban J connectivity index is 2.28. The Hall–Kier alpha value is -2.78. The van der Waals surface area contributed by atoms with E-state index in [1.807, 2.05) is 6.92 Å². The number of rotatable bonds is 6. The van der Waals surface area contributed by atoms with Gasteiger partial charge in [-0.15, -0.1) is 0 Å². The number of hydrogen-bond acceptors (Lipinski definition) is 8. The predicted molar refractivity (Wildman–Crippen MR) is 75.9 cm³/mol. The molecule has 0 radical (unpaired) electrons. The lowest BCUT2D eigenvalue weighted by Crippen LogP contribution is -2.11. The number of aryl methyl sites for hydroxylation is 2. The maximum atomic E-state index is 11.2. The van der Waals surface area contributed by atoms with Crippen molar-refractivity contribution >= 4 is 17.5 Å². The second-order valence-corrected chi connectivity index (χ2v) is 4.31. The lowest BCUT2D eigenvalue weighted by atomic mass is 10.3. The van der Waals surface area contributed by atoms with Crippen LogP contribution in [0.1, 0.15) is 18.4 Å². The Kier molecular flexibility index (Phi) is 4.26. The summed E-state index contributed by atoms with van der Waals surface area (Å²) < 4.78 is 1.56. The van der Waals surface area contributed by atoms with E-state index in [0.717, 1.165) is 0 Å². The third-order valence-corrected chi connectivity index (χ3v) is 2.64. The molecule has 0 aliphatic carbocycles. The van der Waals surface area contributed by atoms with Crippen LogP contribution in [0, 0.1) is 17.0 Å². The molecule has 2 rings (SSSR count). The van der Waals surface area contributed by atoms with Gasteiger partial charge in [0.25, 0.3) is 0 Å². The Bertz CT molecular complexity index is 654. The first-order chi connectivity index (χ1) is 10.0. The van der Waals surface area contributed by atoms with Crippen LogP contribution in [0.3, 0.4) is 0 Å². The molecular weight excluding hydrogens is 276 g/mol. The minimum absolute atomic E-state index is 0.146. The fraction of sp³-hybridized carbons (Fsp3) is 0.455. The summed E-state index contributed by atoms with van der Waals surface area (Å²) in [5.41, 5.74) is 0.148. The smallest absolute Gasteiger partial charge is 0.332 e. The molecule has 112 valence electrons. The van der Waals surface area contributed by atoms with Crippen LogP contribution in [-0.4, -0.2) is 36.2 Å². The molecule has 10 heteroatoms. The first-order valence-electron chi connectivity index (χ1n) is 6.36. The van der Waals surface area contributed by atoms with Crippen molar-refractivity contribution in [3.63, 3.8) is 0 Å². The van der Waals surface area contributed by atoms with E-state index in [1.54, 1.807) is 25.0 Å². The van der Waals surface area contributed by atoms with Crippen LogP contribution in [-0.2, 0) is 13.6 Å². The Morgan fingerprint density at radius 3 is 2.71 bits per heavy atom. The molecular formula is C11H16N8O2. The molecule has 0 atom stereocenters. The molecule has 10 nitrogen and oxygen atoms in total. The number of aromatic nitrogens is 5. The maximum Gasteiger partial charge on any atom is 0.332 e. The van der Waals surface area contributed by atoms with E-state index in [1.165, 1.54) is 0 Å². The van der Waals surface area contributed by atoms with Gasteiger partial charge in [-0.2, -0.15) is 10.1 Å². The van der Waals surface area contributed by atoms with E-state index in [-0.39, 0.29) is 18.1 Å². The molecule has 0 amide bonds. The summed E-state index contributed by atoms with van der Waals surface area (Å²) in [6.45, 7) is 4.33. The van der Waals surface area contributed by atoms with Gasteiger partial charge in [-0.25, -0.2) is 9.97 Å². The van der Waals surface area contributed by atoms with Crippen LogP contribution in [0.25, 0.3) is 0 Å². The van der Waals surface area contributed by atoms with Crippen LogP contribution in [0.2, 0.25) is 0 Å². The molecule has 0 unspecified atom stereocenters. The molecule has 2 aromatic rings. The number of nitrogens with one attached hydrogen (secondary N) is 2. The van der Waals surface area contributed by atoms with Gasteiger partial charge in [-0.1, -0.05) is 0 Å². The van der Waals surface area contributed by atoms with Gasteiger partial charge in [0.2, 0.25) is 11.8 Å². The van der Waals surface area contributed by atoms with Gasteiger partial charge in [0.05, 0.1) is 11.5 Å². The van der Waals surface area contributed by atoms with Crippen LogP contribution >= 0.6 is 0 Å². The van der Waals surface area contributed by atoms with E-state index < -0.39 is 4.92 Å². The van der Waals surface area contributed by atoms with Crippen molar-refractivity contribution in [2.75, 3.05) is 17.2 Å². The molecule has 0 aliphatic rings. The van der Waals surface area contributed by atoms with Gasteiger partial charge < -0.3 is 10.6 Å². The molecule has 0 aromatic carbocycles. The monoisotopic (exact) mass is 292 g/mol. The second kappa shape index (κ2) is 6.11. The molecule has 0 bridgehead atoms. The lowest BCUT2D eigenvalue weighted by molar-refractivity contribution is -0.385. The summed E-state index contributed by atoms with van der Waals surface area (Å²) in [6, 6.07) is 0. The molecule has 0 fully saturated rings. The Labute approximate surface area is 120 Å². The zero-order valence-electron chi connectivity index (χ0n) is 12.0. The molecule has 21 heavy (non-hydrogen) atoms. The fourth-order valence-corrected chi connectivity index (χ4v) is 1.77. The standard InChI is InChI=1S/C11H16N8O2/c1-4-12-11-15-7(2)9(19(20)21)10(16-11)13-5-8-14-6-18(3)17-8/h6H,4-5H2,1-3H3,(H2,12,13,15,16). The van der Waals surface area contributed by atoms with E-state index in [4.69, 9.17) is 0 Å². The topological polar surface area (TPSA) is 124 Å². The van der Waals surface area contributed by atoms with Gasteiger partial charge in [-0.3, -0.25) is 14.8 Å². The molecule has 2 heterocycles. The van der Waals surface area contributed by atoms with Crippen molar-refractivity contribution in [3.05, 3.63) is 28.0 Å². The van der Waals surface area contributed by atoms with E-state index in [9.17, 15) is 10.1 Å². The van der Waals surface area contributed by atoms with Gasteiger partial charge in [-0.05, 0) is 13.8 Å². The zero-order valence-corrected chi connectivity index (χ0v) is 12.0. The van der Waals surface area contributed by atoms with Crippen molar-refractivity contribution in [2.24, 2.45) is 7.05 Å². The quantitative estimate of drug-likeness (QED) is 0.593. The van der Waals surface area contributed by atoms with Gasteiger partial charge >= 0.3 is 5.69 Å². The second-order valence-electron chi connectivity index (χ2n) is 4.31. The highest BCUT2D eigenvalue weighted by atomic mass is 16.6. The number of anilines is 2. The summed E-state index contributed by atoms with van der Waals surface area (Å²) in [5.74, 6) is 1.01. The normalized spacial score (nSPS) is 10.4. The van der Waals surface area contributed by atoms with E-state index in [0.29, 0.717) is 24.0 Å². The summed E-state index contributed by atoms with van der Waals surface area (Å²) in [5, 5.41) is 21.1. The SMILES string of the molecule is CCNc1nc(C)c([N+](=O)[O-])c(NCc2ncn(C)n2)n1. The van der Waals surface area contributed by atoms with Gasteiger partial charge in [0.1, 0.15) is 12.0 Å². The fourth-order valence-electron chi connectivity index (χ4n) is 1.77. The third-order valence-electron chi connectivity index (χ3n) is 2.64. The summed E-state index contributed by atoms with van der Waals surface area (Å²) >= 11 is 0. The summed E-state index contributed by atoms with van der Waals surface area (Å²) in [4.78, 5) is 22.9. The molecule has 0 saturated heterocycles. The molecule has 2 N–H and O–H groups in total. The number of nitrogens with zero attached hydrogens (tertiary/aromatic N) is 6. The number of nitro groups is 1. The Morgan fingerprint density at radius 2 is 2.14 bits per heavy atom. The van der Waals surface area contributed by atoms with Gasteiger partial charge in [0, 0.05) is 13.6 Å². The minimum Gasteiger partial charge on any atom is -0.357 e. The molecule has 0 saturated carbocycles. The zero-order chi connectivity index (χ0) is 15.4. The first kappa shape index (κ1) is 14.6. The molecule has 0 aliphatic heterocycles. The lowest BCUT2D eigenvalue weighted by Gasteiger charge is -2.09. The average Bonchev–Trinajstić information content (AvgIpc) is 2.81. The Morgan fingerprint density at radius 1 is 1.38 bits per heavy atom. The van der Waals surface area contributed by atoms with Crippen molar-refractivity contribution in [3.8, 4) is 0 Å². The number of hydrogen-bond donors (Lipinski definition) is 2. The summed E-state index contributed by atoms with van der Waals surface area (Å²) in [6.07, 6.45) is 1.56. The third kappa shape index (κ3) is 3.41. The summed E-state index contributed by atoms with van der Waals surface area (Å²) in [7, 11) is 1.75. The molecule has 2 aromatic heterocycles. The predicted octanol–water partition coefficient (Wildman–Crippen LogP) is 0.866. The van der Waals surface area contributed by atoms with Crippen molar-refractivity contribution < 1.29 is 4.92 Å². The highest BCUT2D eigenvalue weighted by molar-refractivity contribution is 5.60.